The largest absolute Gasteiger partial charge is 0.496 e. The number of rotatable bonds is 8. The number of allylic oxidation sites excluding steroid dienone is 1. The first-order valence-corrected chi connectivity index (χ1v) is 13.6. The van der Waals surface area contributed by atoms with Crippen LogP contribution in [0.4, 0.5) is 11.6 Å². The second-order valence-corrected chi connectivity index (χ2v) is 9.90. The molecule has 10 nitrogen and oxygen atoms in total. The van der Waals surface area contributed by atoms with Crippen molar-refractivity contribution in [3.05, 3.63) is 95.7 Å². The van der Waals surface area contributed by atoms with Gasteiger partial charge in [0.2, 0.25) is 5.95 Å². The van der Waals surface area contributed by atoms with E-state index in [4.69, 9.17) is 29.0 Å². The Kier molecular flexibility index (Phi) is 7.33. The van der Waals surface area contributed by atoms with Gasteiger partial charge in [-0.15, -0.1) is 5.10 Å². The van der Waals surface area contributed by atoms with Crippen molar-refractivity contribution in [2.24, 2.45) is 0 Å². The summed E-state index contributed by atoms with van der Waals surface area (Å²) in [6, 6.07) is 24.2. The Labute approximate surface area is 248 Å². The molecule has 0 fully saturated rings. The minimum absolute atomic E-state index is 0.343. The van der Waals surface area contributed by atoms with E-state index in [-0.39, 0.29) is 5.91 Å². The highest BCUT2D eigenvalue weighted by Gasteiger charge is 2.37. The number of ether oxygens (including phenoxy) is 4. The summed E-state index contributed by atoms with van der Waals surface area (Å²) in [5, 5.41) is 13.4. The van der Waals surface area contributed by atoms with Gasteiger partial charge in [0.25, 0.3) is 5.91 Å². The molecule has 1 unspecified atom stereocenters. The summed E-state index contributed by atoms with van der Waals surface area (Å²) in [5.41, 5.74) is 3.07. The van der Waals surface area contributed by atoms with Gasteiger partial charge < -0.3 is 29.6 Å². The van der Waals surface area contributed by atoms with Crippen LogP contribution in [0, 0.1) is 0 Å². The first-order chi connectivity index (χ1) is 21.0. The molecule has 218 valence electrons. The number of benzene rings is 4. The van der Waals surface area contributed by atoms with Crippen molar-refractivity contribution in [1.82, 2.24) is 14.8 Å². The lowest BCUT2D eigenvalue weighted by Gasteiger charge is -2.30. The summed E-state index contributed by atoms with van der Waals surface area (Å²) in [6.07, 6.45) is 0. The molecule has 1 aromatic heterocycles. The number of fused-ring (bicyclic) bond motifs is 2. The van der Waals surface area contributed by atoms with Crippen molar-refractivity contribution in [2.75, 3.05) is 39.1 Å². The van der Waals surface area contributed by atoms with Gasteiger partial charge in [-0.05, 0) is 35.9 Å². The van der Waals surface area contributed by atoms with Crippen LogP contribution < -0.4 is 29.6 Å². The minimum atomic E-state index is -0.739. The molecule has 10 heteroatoms. The fourth-order valence-corrected chi connectivity index (χ4v) is 5.47. The van der Waals surface area contributed by atoms with Gasteiger partial charge in [0.15, 0.2) is 17.3 Å². The Hall–Kier alpha value is -5.51. The van der Waals surface area contributed by atoms with Crippen molar-refractivity contribution in [3.63, 3.8) is 0 Å². The Bertz CT molecular complexity index is 1870. The highest BCUT2D eigenvalue weighted by molar-refractivity contribution is 6.07. The van der Waals surface area contributed by atoms with Gasteiger partial charge in [-0.25, -0.2) is 4.68 Å². The maximum Gasteiger partial charge on any atom is 0.255 e. The summed E-state index contributed by atoms with van der Waals surface area (Å²) < 4.78 is 24.2. The molecule has 0 spiro atoms. The van der Waals surface area contributed by atoms with Gasteiger partial charge in [-0.3, -0.25) is 4.79 Å². The zero-order chi connectivity index (χ0) is 30.1. The predicted molar refractivity (Wildman–Crippen MR) is 165 cm³/mol. The summed E-state index contributed by atoms with van der Waals surface area (Å²) >= 11 is 0. The SMILES string of the molecule is COc1ccccc1NC(=O)C1=C(C)Nc2nc(-c3cccc4ccccc34)nn2C1c1cc(OC)c(OC)cc1OC. The fraction of sp³-hybridized carbons (Fsp3) is 0.182. The number of nitrogens with zero attached hydrogens (tertiary/aromatic N) is 3. The smallest absolute Gasteiger partial charge is 0.255 e. The van der Waals surface area contributed by atoms with Crippen molar-refractivity contribution in [2.45, 2.75) is 13.0 Å². The quantitative estimate of drug-likeness (QED) is 0.229. The van der Waals surface area contributed by atoms with Crippen molar-refractivity contribution < 1.29 is 23.7 Å². The maximum absolute atomic E-state index is 14.1. The Morgan fingerprint density at radius 2 is 1.49 bits per heavy atom. The Morgan fingerprint density at radius 1 is 0.814 bits per heavy atom. The summed E-state index contributed by atoms with van der Waals surface area (Å²) in [7, 11) is 6.25. The lowest BCUT2D eigenvalue weighted by molar-refractivity contribution is -0.113. The normalized spacial score (nSPS) is 14.1. The van der Waals surface area contributed by atoms with Gasteiger partial charge in [0.05, 0.1) is 39.7 Å². The molecule has 43 heavy (non-hydrogen) atoms. The third-order valence-corrected chi connectivity index (χ3v) is 7.51. The first-order valence-electron chi connectivity index (χ1n) is 13.6. The van der Waals surface area contributed by atoms with Crippen LogP contribution >= 0.6 is 0 Å². The lowest BCUT2D eigenvalue weighted by atomic mass is 9.93. The first kappa shape index (κ1) is 27.6. The summed E-state index contributed by atoms with van der Waals surface area (Å²) in [6.45, 7) is 1.84. The number of methoxy groups -OCH3 is 4. The standard InChI is InChI=1S/C33H31N5O5/c1-19-29(32(39)35-24-15-8-9-16-25(24)40-2)30(23-17-27(42-4)28(43-5)18-26(23)41-3)38-33(34-19)36-31(37-38)22-14-10-12-20-11-6-7-13-21(20)22/h6-18,30H,1-5H3,(H,35,39)(H,34,36,37). The molecular weight excluding hydrogens is 546 g/mol. The summed E-state index contributed by atoms with van der Waals surface area (Å²) in [5.74, 6) is 2.66. The third kappa shape index (κ3) is 4.86. The van der Waals surface area contributed by atoms with E-state index < -0.39 is 6.04 Å². The number of hydrogen-bond acceptors (Lipinski definition) is 8. The minimum Gasteiger partial charge on any atom is -0.496 e. The molecule has 1 amide bonds. The third-order valence-electron chi connectivity index (χ3n) is 7.51. The number of nitrogens with one attached hydrogen (secondary N) is 2. The van der Waals surface area contributed by atoms with Crippen LogP contribution in [0.1, 0.15) is 18.5 Å². The van der Waals surface area contributed by atoms with E-state index in [2.05, 4.69) is 22.8 Å². The van der Waals surface area contributed by atoms with E-state index in [1.54, 1.807) is 57.4 Å². The van der Waals surface area contributed by atoms with Crippen molar-refractivity contribution in [1.29, 1.82) is 0 Å². The van der Waals surface area contributed by atoms with Crippen LogP contribution in [-0.4, -0.2) is 49.1 Å². The van der Waals surface area contributed by atoms with Crippen molar-refractivity contribution in [3.8, 4) is 34.4 Å². The van der Waals surface area contributed by atoms with Gasteiger partial charge in [-0.2, -0.15) is 4.98 Å². The van der Waals surface area contributed by atoms with E-state index in [0.717, 1.165) is 16.3 Å². The van der Waals surface area contributed by atoms with E-state index in [0.29, 0.717) is 57.3 Å². The molecule has 1 aliphatic rings. The molecule has 0 aliphatic carbocycles. The van der Waals surface area contributed by atoms with Crippen LogP contribution in [-0.2, 0) is 4.79 Å². The monoisotopic (exact) mass is 577 g/mol. The Balaban J connectivity index is 1.55. The number of aromatic nitrogens is 3. The average molecular weight is 578 g/mol. The molecule has 5 aromatic rings. The second kappa shape index (κ2) is 11.4. The van der Waals surface area contributed by atoms with E-state index in [1.165, 1.54) is 0 Å². The zero-order valence-corrected chi connectivity index (χ0v) is 24.5. The van der Waals surface area contributed by atoms with Crippen LogP contribution in [0.5, 0.6) is 23.0 Å². The van der Waals surface area contributed by atoms with Gasteiger partial charge >= 0.3 is 0 Å². The van der Waals surface area contributed by atoms with E-state index >= 15 is 0 Å². The van der Waals surface area contributed by atoms with Gasteiger partial charge in [0, 0.05) is 22.9 Å². The van der Waals surface area contributed by atoms with Crippen LogP contribution in [0.2, 0.25) is 0 Å². The topological polar surface area (TPSA) is 109 Å². The zero-order valence-electron chi connectivity index (χ0n) is 24.5. The summed E-state index contributed by atoms with van der Waals surface area (Å²) in [4.78, 5) is 19.0. The molecule has 0 bridgehead atoms. The number of carbonyl (C=O) groups excluding carboxylic acids is 1. The molecule has 0 radical (unpaired) electrons. The second-order valence-electron chi connectivity index (χ2n) is 9.90. The molecular formula is C33H31N5O5. The van der Waals surface area contributed by atoms with Crippen molar-refractivity contribution >= 4 is 28.3 Å². The molecule has 2 heterocycles. The highest BCUT2D eigenvalue weighted by Crippen LogP contribution is 2.45. The molecule has 0 saturated heterocycles. The van der Waals surface area contributed by atoms with Crippen LogP contribution in [0.25, 0.3) is 22.2 Å². The molecule has 0 saturated carbocycles. The molecule has 4 aromatic carbocycles. The predicted octanol–water partition coefficient (Wildman–Crippen LogP) is 6.06. The number of carbonyl (C=O) groups is 1. The fourth-order valence-electron chi connectivity index (χ4n) is 5.47. The molecule has 1 atom stereocenters. The maximum atomic E-state index is 14.1. The van der Waals surface area contributed by atoms with E-state index in [1.807, 2.05) is 49.4 Å². The van der Waals surface area contributed by atoms with Crippen LogP contribution in [0.3, 0.4) is 0 Å². The highest BCUT2D eigenvalue weighted by atomic mass is 16.5. The van der Waals surface area contributed by atoms with Crippen LogP contribution in [0.15, 0.2) is 90.1 Å². The number of anilines is 2. The lowest BCUT2D eigenvalue weighted by Crippen LogP contribution is -2.32. The average Bonchev–Trinajstić information content (AvgIpc) is 3.46. The molecule has 1 aliphatic heterocycles. The molecule has 2 N–H and O–H groups in total. The molecule has 6 rings (SSSR count). The van der Waals surface area contributed by atoms with Gasteiger partial charge in [0.1, 0.15) is 17.5 Å². The Morgan fingerprint density at radius 3 is 2.26 bits per heavy atom. The number of amides is 1. The van der Waals surface area contributed by atoms with E-state index in [9.17, 15) is 4.79 Å². The number of para-hydroxylation sites is 2. The van der Waals surface area contributed by atoms with Gasteiger partial charge in [-0.1, -0.05) is 54.6 Å². The number of hydrogen-bond donors (Lipinski definition) is 2.